The van der Waals surface area contributed by atoms with Crippen molar-refractivity contribution < 1.29 is 0 Å². The second kappa shape index (κ2) is 5.52. The number of aromatic nitrogens is 3. The van der Waals surface area contributed by atoms with Gasteiger partial charge in [0.25, 0.3) is 0 Å². The Morgan fingerprint density at radius 3 is 2.78 bits per heavy atom. The first kappa shape index (κ1) is 13.1. The van der Waals surface area contributed by atoms with Crippen LogP contribution in [-0.2, 0) is 6.54 Å². The van der Waals surface area contributed by atoms with Crippen molar-refractivity contribution in [1.29, 1.82) is 0 Å². The van der Waals surface area contributed by atoms with E-state index in [2.05, 4.69) is 70.3 Å². The first-order valence-electron chi connectivity index (χ1n) is 5.95. The SMILES string of the molecule is Cc1cc(Br)cc(NCc2ncnn2C(C)C)c1. The standard InChI is InChI=1S/C13H17BrN4/c1-9(2)18-13(16-8-17-18)7-15-12-5-10(3)4-11(14)6-12/h4-6,8-9,15H,7H2,1-3H3. The number of rotatable bonds is 4. The van der Waals surface area contributed by atoms with E-state index < -0.39 is 0 Å². The highest BCUT2D eigenvalue weighted by Gasteiger charge is 2.07. The first-order chi connectivity index (χ1) is 8.56. The molecule has 5 heteroatoms. The Kier molecular flexibility index (Phi) is 4.01. The maximum atomic E-state index is 4.27. The number of benzene rings is 1. The van der Waals surface area contributed by atoms with Crippen molar-refractivity contribution in [3.05, 3.63) is 40.4 Å². The molecule has 2 rings (SSSR count). The van der Waals surface area contributed by atoms with Gasteiger partial charge in [0.05, 0.1) is 6.54 Å². The van der Waals surface area contributed by atoms with Crippen LogP contribution in [0.1, 0.15) is 31.3 Å². The topological polar surface area (TPSA) is 42.7 Å². The molecule has 0 atom stereocenters. The van der Waals surface area contributed by atoms with Gasteiger partial charge in [-0.3, -0.25) is 0 Å². The van der Waals surface area contributed by atoms with Crippen LogP contribution in [0.4, 0.5) is 5.69 Å². The summed E-state index contributed by atoms with van der Waals surface area (Å²) in [6.07, 6.45) is 1.60. The summed E-state index contributed by atoms with van der Waals surface area (Å²) >= 11 is 3.50. The zero-order valence-corrected chi connectivity index (χ0v) is 12.4. The van der Waals surface area contributed by atoms with Crippen molar-refractivity contribution in [3.8, 4) is 0 Å². The van der Waals surface area contributed by atoms with Gasteiger partial charge in [-0.1, -0.05) is 15.9 Å². The molecule has 1 aromatic heterocycles. The van der Waals surface area contributed by atoms with Crippen LogP contribution in [-0.4, -0.2) is 14.8 Å². The monoisotopic (exact) mass is 308 g/mol. The molecule has 4 nitrogen and oxygen atoms in total. The van der Waals surface area contributed by atoms with Gasteiger partial charge in [0.1, 0.15) is 12.2 Å². The van der Waals surface area contributed by atoms with Gasteiger partial charge in [-0.05, 0) is 44.5 Å². The van der Waals surface area contributed by atoms with Gasteiger partial charge in [0, 0.05) is 16.2 Å². The molecule has 1 N–H and O–H groups in total. The Labute approximate surface area is 116 Å². The minimum Gasteiger partial charge on any atom is -0.378 e. The fraction of sp³-hybridized carbons (Fsp3) is 0.385. The van der Waals surface area contributed by atoms with Gasteiger partial charge >= 0.3 is 0 Å². The molecule has 0 radical (unpaired) electrons. The number of aryl methyl sites for hydroxylation is 1. The largest absolute Gasteiger partial charge is 0.378 e. The lowest BCUT2D eigenvalue weighted by molar-refractivity contribution is 0.509. The maximum absolute atomic E-state index is 4.27. The van der Waals surface area contributed by atoms with Crippen LogP contribution in [0.2, 0.25) is 0 Å². The Morgan fingerprint density at radius 1 is 1.33 bits per heavy atom. The van der Waals surface area contributed by atoms with Crippen molar-refractivity contribution in [3.63, 3.8) is 0 Å². The van der Waals surface area contributed by atoms with Gasteiger partial charge in [0.15, 0.2) is 0 Å². The molecule has 18 heavy (non-hydrogen) atoms. The first-order valence-corrected chi connectivity index (χ1v) is 6.75. The predicted molar refractivity (Wildman–Crippen MR) is 76.6 cm³/mol. The van der Waals surface area contributed by atoms with Crippen LogP contribution in [0, 0.1) is 6.92 Å². The summed E-state index contributed by atoms with van der Waals surface area (Å²) < 4.78 is 3.01. The summed E-state index contributed by atoms with van der Waals surface area (Å²) in [6.45, 7) is 6.95. The van der Waals surface area contributed by atoms with Crippen LogP contribution in [0.15, 0.2) is 29.0 Å². The Hall–Kier alpha value is -1.36. The Morgan fingerprint density at radius 2 is 2.11 bits per heavy atom. The summed E-state index contributed by atoms with van der Waals surface area (Å²) in [6, 6.07) is 6.58. The van der Waals surface area contributed by atoms with Crippen molar-refractivity contribution in [2.24, 2.45) is 0 Å². The van der Waals surface area contributed by atoms with Gasteiger partial charge in [-0.25, -0.2) is 9.67 Å². The highest BCUT2D eigenvalue weighted by molar-refractivity contribution is 9.10. The lowest BCUT2D eigenvalue weighted by atomic mass is 10.2. The average molecular weight is 309 g/mol. The number of hydrogen-bond acceptors (Lipinski definition) is 3. The quantitative estimate of drug-likeness (QED) is 0.939. The molecule has 2 aromatic rings. The van der Waals surface area contributed by atoms with Gasteiger partial charge in [-0.15, -0.1) is 0 Å². The molecule has 96 valence electrons. The Balaban J connectivity index is 2.09. The molecule has 1 heterocycles. The van der Waals surface area contributed by atoms with Crippen molar-refractivity contribution in [2.45, 2.75) is 33.4 Å². The molecule has 0 saturated heterocycles. The summed E-state index contributed by atoms with van der Waals surface area (Å²) in [7, 11) is 0. The minimum absolute atomic E-state index is 0.327. The van der Waals surface area contributed by atoms with Crippen molar-refractivity contribution in [1.82, 2.24) is 14.8 Å². The lowest BCUT2D eigenvalue weighted by Gasteiger charge is -2.11. The average Bonchev–Trinajstić information content (AvgIpc) is 2.73. The van der Waals surface area contributed by atoms with E-state index in [0.717, 1.165) is 16.0 Å². The van der Waals surface area contributed by atoms with E-state index in [1.807, 2.05) is 4.68 Å². The number of nitrogens with zero attached hydrogens (tertiary/aromatic N) is 3. The fourth-order valence-electron chi connectivity index (χ4n) is 1.85. The second-order valence-electron chi connectivity index (χ2n) is 4.59. The van der Waals surface area contributed by atoms with Crippen LogP contribution in [0.25, 0.3) is 0 Å². The van der Waals surface area contributed by atoms with Gasteiger partial charge in [0.2, 0.25) is 0 Å². The highest BCUT2D eigenvalue weighted by Crippen LogP contribution is 2.19. The fourth-order valence-corrected chi connectivity index (χ4v) is 2.46. The summed E-state index contributed by atoms with van der Waals surface area (Å²) in [5.41, 5.74) is 2.30. The molecule has 0 fully saturated rings. The number of nitrogens with one attached hydrogen (secondary N) is 1. The maximum Gasteiger partial charge on any atom is 0.146 e. The zero-order chi connectivity index (χ0) is 13.1. The molecule has 0 spiro atoms. The smallest absolute Gasteiger partial charge is 0.146 e. The summed E-state index contributed by atoms with van der Waals surface area (Å²) in [5, 5.41) is 7.59. The molecular formula is C13H17BrN4. The molecule has 0 saturated carbocycles. The zero-order valence-electron chi connectivity index (χ0n) is 10.8. The van der Waals surface area contributed by atoms with Crippen molar-refractivity contribution >= 4 is 21.6 Å². The molecule has 1 aromatic carbocycles. The van der Waals surface area contributed by atoms with E-state index in [4.69, 9.17) is 0 Å². The predicted octanol–water partition coefficient (Wildman–Crippen LogP) is 3.54. The normalized spacial score (nSPS) is 10.9. The third-order valence-corrected chi connectivity index (χ3v) is 3.09. The van der Waals surface area contributed by atoms with Crippen LogP contribution < -0.4 is 5.32 Å². The molecule has 0 bridgehead atoms. The molecule has 0 aliphatic carbocycles. The van der Waals surface area contributed by atoms with E-state index in [9.17, 15) is 0 Å². The molecule has 0 aliphatic heterocycles. The third-order valence-electron chi connectivity index (χ3n) is 2.63. The lowest BCUT2D eigenvalue weighted by Crippen LogP contribution is -2.12. The van der Waals surface area contributed by atoms with Crippen LogP contribution in [0.3, 0.4) is 0 Å². The summed E-state index contributed by atoms with van der Waals surface area (Å²) in [5.74, 6) is 0.947. The third kappa shape index (κ3) is 3.10. The number of hydrogen-bond donors (Lipinski definition) is 1. The van der Waals surface area contributed by atoms with E-state index in [0.29, 0.717) is 12.6 Å². The van der Waals surface area contributed by atoms with E-state index in [1.165, 1.54) is 5.56 Å². The second-order valence-corrected chi connectivity index (χ2v) is 5.50. The minimum atomic E-state index is 0.327. The molecule has 0 unspecified atom stereocenters. The van der Waals surface area contributed by atoms with Gasteiger partial charge in [-0.2, -0.15) is 5.10 Å². The van der Waals surface area contributed by atoms with E-state index in [-0.39, 0.29) is 0 Å². The highest BCUT2D eigenvalue weighted by atomic mass is 79.9. The van der Waals surface area contributed by atoms with Crippen LogP contribution in [0.5, 0.6) is 0 Å². The van der Waals surface area contributed by atoms with Gasteiger partial charge < -0.3 is 5.32 Å². The molecular weight excluding hydrogens is 292 g/mol. The van der Waals surface area contributed by atoms with E-state index >= 15 is 0 Å². The molecule has 0 amide bonds. The van der Waals surface area contributed by atoms with Crippen molar-refractivity contribution in [2.75, 3.05) is 5.32 Å². The molecule has 0 aliphatic rings. The number of anilines is 1. The van der Waals surface area contributed by atoms with E-state index in [1.54, 1.807) is 6.33 Å². The summed E-state index contributed by atoms with van der Waals surface area (Å²) in [4.78, 5) is 4.27. The van der Waals surface area contributed by atoms with Crippen LogP contribution >= 0.6 is 15.9 Å². The Bertz CT molecular complexity index is 513. The number of halogens is 1.